The molecule has 41 heavy (non-hydrogen) atoms. The Morgan fingerprint density at radius 2 is 1.63 bits per heavy atom. The lowest BCUT2D eigenvalue weighted by Gasteiger charge is -2.45. The molecule has 2 aliphatic carbocycles. The molecule has 5 rings (SSSR count). The summed E-state index contributed by atoms with van der Waals surface area (Å²) in [7, 11) is -3.95. The molecule has 0 fully saturated rings. The highest BCUT2D eigenvalue weighted by atomic mass is 35.5. The summed E-state index contributed by atoms with van der Waals surface area (Å²) in [6.07, 6.45) is -0.114. The van der Waals surface area contributed by atoms with Crippen LogP contribution in [0.5, 0.6) is 11.5 Å². The molecule has 0 unspecified atom stereocenters. The van der Waals surface area contributed by atoms with Crippen LogP contribution in [0.2, 0.25) is 0 Å². The number of hydrogen-bond acceptors (Lipinski definition) is 10. The average molecular weight is 602 g/mol. The fraction of sp³-hybridized carbons (Fsp3) is 0.250. The van der Waals surface area contributed by atoms with Gasteiger partial charge in [0.15, 0.2) is 11.4 Å². The Bertz CT molecular complexity index is 1830. The van der Waals surface area contributed by atoms with E-state index in [1.807, 2.05) is 0 Å². The number of aliphatic hydroxyl groups is 2. The van der Waals surface area contributed by atoms with Gasteiger partial charge >= 0.3 is 0 Å². The largest absolute Gasteiger partial charge is 0.508 e. The molecule has 0 aromatic heterocycles. The van der Waals surface area contributed by atoms with E-state index in [9.17, 15) is 38.4 Å². The molecule has 0 aliphatic heterocycles. The summed E-state index contributed by atoms with van der Waals surface area (Å²) in [6.45, 7) is 4.69. The van der Waals surface area contributed by atoms with E-state index in [0.29, 0.717) is 22.1 Å². The molecule has 0 heterocycles. The number of benzene rings is 3. The molecular formula is C28H28ClN3O8S. The van der Waals surface area contributed by atoms with Crippen molar-refractivity contribution in [3.05, 3.63) is 70.0 Å². The van der Waals surface area contributed by atoms with Crippen LogP contribution in [0.4, 0.5) is 5.69 Å². The molecule has 2 aliphatic rings. The van der Waals surface area contributed by atoms with Crippen molar-refractivity contribution >= 4 is 56.2 Å². The zero-order valence-corrected chi connectivity index (χ0v) is 23.8. The summed E-state index contributed by atoms with van der Waals surface area (Å²) in [5, 5.41) is 50.6. The van der Waals surface area contributed by atoms with Crippen LogP contribution >= 0.6 is 12.4 Å². The summed E-state index contributed by atoms with van der Waals surface area (Å²) in [6, 6.07) is 7.03. The van der Waals surface area contributed by atoms with Gasteiger partial charge in [0, 0.05) is 5.92 Å². The number of ketones is 2. The number of carbonyl (C=O) groups excluding carboxylic acids is 2. The second-order valence-electron chi connectivity index (χ2n) is 10.2. The zero-order chi connectivity index (χ0) is 29.5. The number of aliphatic hydroxyl groups excluding tert-OH is 1. The zero-order valence-electron chi connectivity index (χ0n) is 22.2. The van der Waals surface area contributed by atoms with Crippen LogP contribution in [0.15, 0.2) is 57.6 Å². The highest BCUT2D eigenvalue weighted by molar-refractivity contribution is 7.89. The first-order chi connectivity index (χ1) is 18.6. The predicted octanol–water partition coefficient (Wildman–Crippen LogP) is 2.54. The SMILES string of the molecule is CC(=Nc1ccc(S(N)(=O)=O)cc1)C1=C(O)[C@@]2(O)C(=O)c3c(c(C)c4ccc(C)c(O)c4c3O)C[C@H]2[C@@H](N)C1=O.Cl. The van der Waals surface area contributed by atoms with Crippen molar-refractivity contribution in [1.82, 2.24) is 0 Å². The summed E-state index contributed by atoms with van der Waals surface area (Å²) >= 11 is 0. The highest BCUT2D eigenvalue weighted by Crippen LogP contribution is 2.50. The fourth-order valence-electron chi connectivity index (χ4n) is 5.73. The Morgan fingerprint density at radius 1 is 1.02 bits per heavy atom. The molecule has 3 atom stereocenters. The number of aromatic hydroxyl groups is 2. The van der Waals surface area contributed by atoms with Gasteiger partial charge in [0.25, 0.3) is 0 Å². The van der Waals surface area contributed by atoms with Crippen LogP contribution in [0.3, 0.4) is 0 Å². The number of nitrogens with two attached hydrogens (primary N) is 2. The maximum atomic E-state index is 13.9. The summed E-state index contributed by atoms with van der Waals surface area (Å²) in [5.74, 6) is -4.79. The first-order valence-corrected chi connectivity index (χ1v) is 13.8. The molecule has 0 amide bonds. The lowest BCUT2D eigenvalue weighted by atomic mass is 9.61. The number of aliphatic imine (C=N–C) groups is 1. The molecule has 0 bridgehead atoms. The van der Waals surface area contributed by atoms with E-state index in [4.69, 9.17) is 10.9 Å². The molecular weight excluding hydrogens is 574 g/mol. The second-order valence-corrected chi connectivity index (χ2v) is 11.8. The van der Waals surface area contributed by atoms with Gasteiger partial charge in [-0.15, -0.1) is 12.4 Å². The monoisotopic (exact) mass is 601 g/mol. The van der Waals surface area contributed by atoms with E-state index in [0.717, 1.165) is 0 Å². The van der Waals surface area contributed by atoms with Crippen LogP contribution in [0.1, 0.15) is 34.0 Å². The minimum absolute atomic E-state index is 0. The fourth-order valence-corrected chi connectivity index (χ4v) is 6.24. The maximum absolute atomic E-state index is 13.9. The maximum Gasteiger partial charge on any atom is 0.238 e. The van der Waals surface area contributed by atoms with Crippen molar-refractivity contribution in [2.24, 2.45) is 21.8 Å². The van der Waals surface area contributed by atoms with Crippen molar-refractivity contribution < 1.29 is 38.4 Å². The molecule has 3 aromatic carbocycles. The Balaban J connectivity index is 0.00000387. The van der Waals surface area contributed by atoms with Crippen LogP contribution in [-0.4, -0.2) is 57.8 Å². The summed E-state index contributed by atoms with van der Waals surface area (Å²) < 4.78 is 23.1. The number of carbonyl (C=O) groups is 2. The van der Waals surface area contributed by atoms with Gasteiger partial charge in [-0.05, 0) is 73.5 Å². The first kappa shape index (κ1) is 30.2. The normalized spacial score (nSPS) is 22.8. The second kappa shape index (κ2) is 9.93. The highest BCUT2D eigenvalue weighted by Gasteiger charge is 2.60. The number of aryl methyl sites for hydroxylation is 2. The van der Waals surface area contributed by atoms with E-state index >= 15 is 0 Å². The Kier molecular flexibility index (Phi) is 7.30. The van der Waals surface area contributed by atoms with Gasteiger partial charge in [-0.1, -0.05) is 12.1 Å². The minimum Gasteiger partial charge on any atom is -0.508 e. The number of phenols is 2. The average Bonchev–Trinajstić information content (AvgIpc) is 2.88. The molecule has 0 saturated carbocycles. The van der Waals surface area contributed by atoms with Crippen LogP contribution in [0, 0.1) is 19.8 Å². The third-order valence-corrected chi connectivity index (χ3v) is 8.88. The third-order valence-electron chi connectivity index (χ3n) is 7.95. The third kappa shape index (κ3) is 4.30. The van der Waals surface area contributed by atoms with Crippen molar-refractivity contribution in [3.63, 3.8) is 0 Å². The topological polar surface area (TPSA) is 214 Å². The number of halogens is 1. The number of sulfonamides is 1. The van der Waals surface area contributed by atoms with E-state index in [-0.39, 0.29) is 51.8 Å². The van der Waals surface area contributed by atoms with Crippen molar-refractivity contribution in [3.8, 4) is 11.5 Å². The van der Waals surface area contributed by atoms with Gasteiger partial charge in [0.2, 0.25) is 15.8 Å². The van der Waals surface area contributed by atoms with Crippen molar-refractivity contribution in [2.45, 2.75) is 43.7 Å². The minimum atomic E-state index is -3.95. The molecule has 11 nitrogen and oxygen atoms in total. The number of hydrogen-bond donors (Lipinski definition) is 6. The number of nitrogens with zero attached hydrogens (tertiary/aromatic N) is 1. The van der Waals surface area contributed by atoms with E-state index in [2.05, 4.69) is 4.99 Å². The standard InChI is InChI=1S/C28H27N3O8S.ClH/c1-11-4-9-16-12(2)17-10-18-22(29)25(34)19(13(3)31-14-5-7-15(8-6-14)40(30,38)39)26(35)28(18,37)27(36)21(17)24(33)20(16)23(11)32;/h4-9,18,22,32-33,35,37H,10,29H2,1-3H3,(H2,30,38,39);1H/t18-,22+,28+;/m0./s1. The Labute approximate surface area is 241 Å². The van der Waals surface area contributed by atoms with E-state index in [1.165, 1.54) is 31.2 Å². The molecule has 13 heteroatoms. The van der Waals surface area contributed by atoms with Crippen LogP contribution in [-0.2, 0) is 21.2 Å². The predicted molar refractivity (Wildman–Crippen MR) is 154 cm³/mol. The molecule has 0 saturated heterocycles. The van der Waals surface area contributed by atoms with Crippen molar-refractivity contribution in [2.75, 3.05) is 0 Å². The van der Waals surface area contributed by atoms with Crippen molar-refractivity contribution in [1.29, 1.82) is 0 Å². The van der Waals surface area contributed by atoms with E-state index in [1.54, 1.807) is 26.0 Å². The molecule has 8 N–H and O–H groups in total. The Morgan fingerprint density at radius 3 is 2.22 bits per heavy atom. The number of rotatable bonds is 3. The van der Waals surface area contributed by atoms with Gasteiger partial charge in [-0.3, -0.25) is 14.6 Å². The first-order valence-electron chi connectivity index (χ1n) is 12.3. The summed E-state index contributed by atoms with van der Waals surface area (Å²) in [5.41, 5.74) is 4.37. The van der Waals surface area contributed by atoms with Crippen LogP contribution in [0.25, 0.3) is 10.8 Å². The van der Waals surface area contributed by atoms with Gasteiger partial charge in [-0.2, -0.15) is 0 Å². The van der Waals surface area contributed by atoms with E-state index < -0.39 is 56.2 Å². The van der Waals surface area contributed by atoms with Gasteiger partial charge in [-0.25, -0.2) is 13.6 Å². The molecule has 3 aromatic rings. The quantitative estimate of drug-likeness (QED) is 0.243. The van der Waals surface area contributed by atoms with Gasteiger partial charge in [0.1, 0.15) is 17.3 Å². The summed E-state index contributed by atoms with van der Waals surface area (Å²) in [4.78, 5) is 31.4. The number of Topliss-reactive ketones (excluding diaryl/α,β-unsaturated/α-hetero) is 2. The molecule has 216 valence electrons. The lowest BCUT2D eigenvalue weighted by molar-refractivity contribution is -0.122. The number of fused-ring (bicyclic) bond motifs is 3. The number of primary sulfonamides is 1. The smallest absolute Gasteiger partial charge is 0.238 e. The molecule has 0 radical (unpaired) electrons. The lowest BCUT2D eigenvalue weighted by Crippen LogP contribution is -2.63. The van der Waals surface area contributed by atoms with Gasteiger partial charge < -0.3 is 26.2 Å². The van der Waals surface area contributed by atoms with Crippen LogP contribution < -0.4 is 10.9 Å². The number of phenolic OH excluding ortho intramolecular Hbond substituents is 2. The van der Waals surface area contributed by atoms with Gasteiger partial charge in [0.05, 0.1) is 38.9 Å². The molecule has 0 spiro atoms. The Hall–Kier alpha value is -3.81.